The summed E-state index contributed by atoms with van der Waals surface area (Å²) in [6, 6.07) is 11.3. The van der Waals surface area contributed by atoms with E-state index in [0.717, 1.165) is 30.9 Å². The van der Waals surface area contributed by atoms with Gasteiger partial charge in [0.2, 0.25) is 11.9 Å². The van der Waals surface area contributed by atoms with Crippen LogP contribution in [0.2, 0.25) is 0 Å². The molecule has 2 aliphatic rings. The fraction of sp³-hybridized carbons (Fsp3) is 0.414. The first-order valence-electron chi connectivity index (χ1n) is 13.8. The number of ether oxygens (including phenoxy) is 1. The zero-order valence-electron chi connectivity index (χ0n) is 23.0. The molecule has 3 N–H and O–H groups in total. The van der Waals surface area contributed by atoms with Gasteiger partial charge in [-0.2, -0.15) is 4.98 Å². The van der Waals surface area contributed by atoms with Gasteiger partial charge in [-0.1, -0.05) is 18.9 Å². The second-order valence-electron chi connectivity index (χ2n) is 10.0. The molecule has 0 unspecified atom stereocenters. The molecule has 1 aliphatic heterocycles. The highest BCUT2D eigenvalue weighted by atomic mass is 16.5. The van der Waals surface area contributed by atoms with Crippen LogP contribution in [0.25, 0.3) is 0 Å². The first kappa shape index (κ1) is 27.2. The molecule has 0 radical (unpaired) electrons. The van der Waals surface area contributed by atoms with Crippen molar-refractivity contribution in [3.63, 3.8) is 0 Å². The van der Waals surface area contributed by atoms with Crippen LogP contribution in [-0.2, 0) is 4.79 Å². The van der Waals surface area contributed by atoms with Gasteiger partial charge in [0.05, 0.1) is 19.0 Å². The Morgan fingerprint density at radius 1 is 1.12 bits per heavy atom. The van der Waals surface area contributed by atoms with E-state index in [1.165, 1.54) is 12.8 Å². The van der Waals surface area contributed by atoms with Crippen LogP contribution in [-0.4, -0.2) is 66.6 Å². The van der Waals surface area contributed by atoms with E-state index in [2.05, 4.69) is 30.8 Å². The molecule has 2 amide bonds. The molecule has 210 valence electrons. The Morgan fingerprint density at radius 2 is 1.98 bits per heavy atom. The highest BCUT2D eigenvalue weighted by Gasteiger charge is 2.31. The van der Waals surface area contributed by atoms with E-state index in [0.29, 0.717) is 60.7 Å². The molecule has 40 heavy (non-hydrogen) atoms. The molecule has 1 aromatic carbocycles. The molecule has 11 nitrogen and oxygen atoms in total. The van der Waals surface area contributed by atoms with Crippen LogP contribution in [0.3, 0.4) is 0 Å². The van der Waals surface area contributed by atoms with Crippen molar-refractivity contribution in [3.05, 3.63) is 54.4 Å². The highest BCUT2D eigenvalue weighted by Crippen LogP contribution is 2.37. The van der Waals surface area contributed by atoms with Gasteiger partial charge in [0.1, 0.15) is 17.3 Å². The Hall–Kier alpha value is -4.41. The van der Waals surface area contributed by atoms with Crippen molar-refractivity contribution in [3.8, 4) is 5.75 Å². The number of pyridine rings is 1. The summed E-state index contributed by atoms with van der Waals surface area (Å²) in [6.45, 7) is 1.87. The van der Waals surface area contributed by atoms with E-state index in [1.807, 2.05) is 18.2 Å². The van der Waals surface area contributed by atoms with Crippen molar-refractivity contribution >= 4 is 40.8 Å². The first-order chi connectivity index (χ1) is 19.5. The van der Waals surface area contributed by atoms with Gasteiger partial charge in [-0.05, 0) is 49.6 Å². The van der Waals surface area contributed by atoms with E-state index in [-0.39, 0.29) is 11.8 Å². The molecule has 11 heteroatoms. The summed E-state index contributed by atoms with van der Waals surface area (Å²) < 4.78 is 5.59. The Balaban J connectivity index is 1.25. The van der Waals surface area contributed by atoms with Crippen molar-refractivity contribution in [1.29, 1.82) is 0 Å². The molecular weight excluding hydrogens is 508 g/mol. The lowest BCUT2D eigenvalue weighted by molar-refractivity contribution is -0.118. The Morgan fingerprint density at radius 3 is 2.75 bits per heavy atom. The summed E-state index contributed by atoms with van der Waals surface area (Å²) in [5.74, 6) is 2.37. The zero-order valence-corrected chi connectivity index (χ0v) is 23.0. The summed E-state index contributed by atoms with van der Waals surface area (Å²) >= 11 is 0. The van der Waals surface area contributed by atoms with Crippen LogP contribution >= 0.6 is 0 Å². The van der Waals surface area contributed by atoms with Crippen molar-refractivity contribution in [2.24, 2.45) is 0 Å². The van der Waals surface area contributed by atoms with Gasteiger partial charge in [0.25, 0.3) is 5.91 Å². The Kier molecular flexibility index (Phi) is 8.58. The van der Waals surface area contributed by atoms with E-state index >= 15 is 0 Å². The van der Waals surface area contributed by atoms with E-state index < -0.39 is 0 Å². The number of fused-ring (bicyclic) bond motifs is 1. The van der Waals surface area contributed by atoms with Crippen LogP contribution in [0.15, 0.2) is 48.8 Å². The molecule has 2 aromatic heterocycles. The van der Waals surface area contributed by atoms with Gasteiger partial charge in [-0.15, -0.1) is 0 Å². The summed E-state index contributed by atoms with van der Waals surface area (Å²) in [4.78, 5) is 42.9. The van der Waals surface area contributed by atoms with Gasteiger partial charge in [0.15, 0.2) is 5.82 Å². The molecule has 0 bridgehead atoms. The van der Waals surface area contributed by atoms with Crippen LogP contribution in [0.5, 0.6) is 5.75 Å². The predicted octanol–water partition coefficient (Wildman–Crippen LogP) is 3.97. The Bertz CT molecular complexity index is 1330. The molecule has 1 saturated carbocycles. The summed E-state index contributed by atoms with van der Waals surface area (Å²) in [6.07, 6.45) is 9.22. The number of benzene rings is 1. The monoisotopic (exact) mass is 544 g/mol. The number of nitrogens with zero attached hydrogens (tertiary/aromatic N) is 5. The molecule has 0 saturated heterocycles. The number of hydrogen-bond donors (Lipinski definition) is 3. The third kappa shape index (κ3) is 6.24. The molecule has 5 rings (SSSR count). The van der Waals surface area contributed by atoms with E-state index in [1.54, 1.807) is 49.7 Å². The van der Waals surface area contributed by atoms with E-state index in [4.69, 9.17) is 9.72 Å². The summed E-state index contributed by atoms with van der Waals surface area (Å²) in [5, 5.41) is 9.42. The average molecular weight is 545 g/mol. The van der Waals surface area contributed by atoms with E-state index in [9.17, 15) is 9.59 Å². The third-order valence-corrected chi connectivity index (χ3v) is 7.41. The average Bonchev–Trinajstić information content (AvgIpc) is 3.48. The Labute approximate surface area is 234 Å². The number of methoxy groups -OCH3 is 1. The first-order valence-corrected chi connectivity index (χ1v) is 13.8. The SMILES string of the molecule is COc1cc(C(=O)NCCCNc2ccccn2)ccc1Nc1ncc2c(n1)N(C1CCCC1)CCC(=O)N2C. The van der Waals surface area contributed by atoms with Crippen molar-refractivity contribution in [2.45, 2.75) is 44.6 Å². The fourth-order valence-corrected chi connectivity index (χ4v) is 5.20. The normalized spacial score (nSPS) is 15.4. The number of aromatic nitrogens is 3. The predicted molar refractivity (Wildman–Crippen MR) is 156 cm³/mol. The maximum absolute atomic E-state index is 12.7. The maximum Gasteiger partial charge on any atom is 0.251 e. The van der Waals surface area contributed by atoms with Crippen molar-refractivity contribution in [2.75, 3.05) is 54.2 Å². The molecule has 0 atom stereocenters. The molecular formula is C29H36N8O3. The molecule has 1 aliphatic carbocycles. The minimum absolute atomic E-state index is 0.0612. The lowest BCUT2D eigenvalue weighted by Crippen LogP contribution is -2.34. The summed E-state index contributed by atoms with van der Waals surface area (Å²) in [7, 11) is 3.34. The standard InChI is InChI=1S/C29H36N8O3/c1-36-23-19-33-29(35-27(23)37(17-13-26(36)38)21-8-3-4-9-21)34-22-12-11-20(18-24(22)40-2)28(39)32-16-7-15-31-25-10-5-6-14-30-25/h5-6,10-12,14,18-19,21H,3-4,7-9,13,15-17H2,1-2H3,(H,30,31)(H,32,39)(H,33,34,35). The molecule has 3 heterocycles. The fourth-order valence-electron chi connectivity index (χ4n) is 5.20. The van der Waals surface area contributed by atoms with Crippen LogP contribution < -0.4 is 30.5 Å². The number of amides is 2. The van der Waals surface area contributed by atoms with Crippen LogP contribution in [0, 0.1) is 0 Å². The van der Waals surface area contributed by atoms with Gasteiger partial charge >= 0.3 is 0 Å². The molecule has 0 spiro atoms. The maximum atomic E-state index is 12.7. The van der Waals surface area contributed by atoms with Crippen molar-refractivity contribution < 1.29 is 14.3 Å². The number of rotatable bonds is 10. The van der Waals surface area contributed by atoms with Gasteiger partial charge in [0, 0.05) is 50.9 Å². The lowest BCUT2D eigenvalue weighted by atomic mass is 10.1. The highest BCUT2D eigenvalue weighted by molar-refractivity contribution is 5.97. The second kappa shape index (κ2) is 12.6. The summed E-state index contributed by atoms with van der Waals surface area (Å²) in [5.41, 5.74) is 1.86. The number of carbonyl (C=O) groups is 2. The number of carbonyl (C=O) groups excluding carboxylic acids is 2. The number of hydrogen-bond acceptors (Lipinski definition) is 9. The third-order valence-electron chi connectivity index (χ3n) is 7.41. The molecule has 3 aromatic rings. The quantitative estimate of drug-likeness (QED) is 0.325. The largest absolute Gasteiger partial charge is 0.495 e. The minimum Gasteiger partial charge on any atom is -0.495 e. The van der Waals surface area contributed by atoms with Gasteiger partial charge in [-0.3, -0.25) is 9.59 Å². The topological polar surface area (TPSA) is 125 Å². The smallest absolute Gasteiger partial charge is 0.251 e. The molecule has 1 fully saturated rings. The lowest BCUT2D eigenvalue weighted by Gasteiger charge is -2.30. The number of nitrogens with one attached hydrogen (secondary N) is 3. The van der Waals surface area contributed by atoms with Gasteiger partial charge < -0.3 is 30.5 Å². The number of anilines is 5. The minimum atomic E-state index is -0.177. The van der Waals surface area contributed by atoms with Gasteiger partial charge in [-0.25, -0.2) is 9.97 Å². The van der Waals surface area contributed by atoms with Crippen LogP contribution in [0.4, 0.5) is 29.0 Å². The second-order valence-corrected chi connectivity index (χ2v) is 10.0. The van der Waals surface area contributed by atoms with Crippen LogP contribution in [0.1, 0.15) is 48.9 Å². The zero-order chi connectivity index (χ0) is 27.9. The van der Waals surface area contributed by atoms with Crippen molar-refractivity contribution in [1.82, 2.24) is 20.3 Å².